The SMILES string of the molecule is O=C1N=C(N2CCCC2)SC1Cc1cccc(-c2cc(F)c(O)c(C34CC5CC(CC(C5)C3)C4)c2)c1. The Hall–Kier alpha value is -2.34. The smallest absolute Gasteiger partial charge is 0.262 e. The Kier molecular flexibility index (Phi) is 5.46. The van der Waals surface area contributed by atoms with E-state index in [-0.39, 0.29) is 22.3 Å². The van der Waals surface area contributed by atoms with Crippen LogP contribution in [0, 0.1) is 23.6 Å². The first kappa shape index (κ1) is 22.8. The van der Waals surface area contributed by atoms with Crippen LogP contribution >= 0.6 is 11.8 Å². The minimum absolute atomic E-state index is 0.0490. The van der Waals surface area contributed by atoms with Gasteiger partial charge in [-0.25, -0.2) is 4.39 Å². The zero-order valence-corrected chi connectivity index (χ0v) is 21.4. The lowest BCUT2D eigenvalue weighted by Crippen LogP contribution is -2.48. The third-order valence-electron chi connectivity index (χ3n) is 9.46. The molecule has 6 aliphatic rings. The maximum atomic E-state index is 15.2. The molecule has 2 aromatic rings. The summed E-state index contributed by atoms with van der Waals surface area (Å²) in [5.74, 6) is 1.46. The summed E-state index contributed by atoms with van der Waals surface area (Å²) in [5.41, 5.74) is 3.56. The Morgan fingerprint density at radius 2 is 1.69 bits per heavy atom. The molecule has 2 heterocycles. The lowest BCUT2D eigenvalue weighted by atomic mass is 9.48. The van der Waals surface area contributed by atoms with E-state index in [9.17, 15) is 9.90 Å². The van der Waals surface area contributed by atoms with E-state index in [1.165, 1.54) is 25.3 Å². The predicted molar refractivity (Wildman–Crippen MR) is 142 cm³/mol. The molecule has 4 aliphatic carbocycles. The molecule has 0 aromatic heterocycles. The van der Waals surface area contributed by atoms with Gasteiger partial charge < -0.3 is 10.0 Å². The second-order valence-electron chi connectivity index (χ2n) is 12.0. The first-order valence-electron chi connectivity index (χ1n) is 13.6. The molecule has 2 aliphatic heterocycles. The standard InChI is InChI=1S/C30H33FN2O2S/c31-25-14-23(13-24(27(25)34)30-15-19-8-20(16-30)10-21(9-19)17-30)22-5-3-4-18(11-22)12-26-28(35)32-29(36-26)33-6-1-2-7-33/h3-5,11,13-14,19-21,26,34H,1-2,6-10,12,15-17H2. The number of amides is 1. The highest BCUT2D eigenvalue weighted by Crippen LogP contribution is 2.62. The quantitative estimate of drug-likeness (QED) is 0.531. The number of nitrogens with zero attached hydrogens (tertiary/aromatic N) is 2. The molecule has 0 spiro atoms. The van der Waals surface area contributed by atoms with Crippen LogP contribution in [0.5, 0.6) is 5.75 Å². The van der Waals surface area contributed by atoms with Gasteiger partial charge in [-0.3, -0.25) is 4.79 Å². The van der Waals surface area contributed by atoms with E-state index in [0.717, 1.165) is 90.4 Å². The lowest BCUT2D eigenvalue weighted by Gasteiger charge is -2.57. The number of amidine groups is 1. The molecule has 6 heteroatoms. The highest BCUT2D eigenvalue weighted by atomic mass is 32.2. The van der Waals surface area contributed by atoms with Crippen LogP contribution in [0.2, 0.25) is 0 Å². The third-order valence-corrected chi connectivity index (χ3v) is 10.7. The van der Waals surface area contributed by atoms with E-state index in [4.69, 9.17) is 0 Å². The number of hydrogen-bond acceptors (Lipinski definition) is 4. The molecular formula is C30H33FN2O2S. The molecule has 1 atom stereocenters. The van der Waals surface area contributed by atoms with Crippen LogP contribution in [0.3, 0.4) is 0 Å². The van der Waals surface area contributed by atoms with E-state index >= 15 is 4.39 Å². The van der Waals surface area contributed by atoms with Crippen LogP contribution in [-0.4, -0.2) is 39.4 Å². The fourth-order valence-corrected chi connectivity index (χ4v) is 9.41. The van der Waals surface area contributed by atoms with Gasteiger partial charge in [0.05, 0.1) is 5.25 Å². The number of hydrogen-bond donors (Lipinski definition) is 1. The first-order chi connectivity index (χ1) is 17.5. The van der Waals surface area contributed by atoms with Crippen LogP contribution in [-0.2, 0) is 16.6 Å². The fraction of sp³-hybridized carbons (Fsp3) is 0.533. The molecule has 4 bridgehead atoms. The molecule has 188 valence electrons. The fourth-order valence-electron chi connectivity index (χ4n) is 8.26. The summed E-state index contributed by atoms with van der Waals surface area (Å²) in [6, 6.07) is 11.7. The van der Waals surface area contributed by atoms with Gasteiger partial charge in [0.2, 0.25) is 0 Å². The number of phenolic OH excluding ortho intramolecular Hbond substituents is 1. The third kappa shape index (κ3) is 3.87. The van der Waals surface area contributed by atoms with E-state index < -0.39 is 5.82 Å². The predicted octanol–water partition coefficient (Wildman–Crippen LogP) is 6.30. The maximum absolute atomic E-state index is 15.2. The van der Waals surface area contributed by atoms with Crippen molar-refractivity contribution in [2.75, 3.05) is 13.1 Å². The monoisotopic (exact) mass is 504 g/mol. The summed E-state index contributed by atoms with van der Waals surface area (Å²) in [7, 11) is 0. The molecule has 1 saturated heterocycles. The molecule has 4 nitrogen and oxygen atoms in total. The van der Waals surface area contributed by atoms with Gasteiger partial charge in [-0.15, -0.1) is 0 Å². The highest BCUT2D eigenvalue weighted by molar-refractivity contribution is 8.15. The number of thioether (sulfide) groups is 1. The number of carbonyl (C=O) groups is 1. The van der Waals surface area contributed by atoms with Gasteiger partial charge in [-0.05, 0) is 110 Å². The summed E-state index contributed by atoms with van der Waals surface area (Å²) >= 11 is 1.58. The van der Waals surface area contributed by atoms with Gasteiger partial charge in [-0.1, -0.05) is 36.0 Å². The van der Waals surface area contributed by atoms with Gasteiger partial charge >= 0.3 is 0 Å². The average molecular weight is 505 g/mol. The molecule has 0 radical (unpaired) electrons. The number of likely N-dealkylation sites (tertiary alicyclic amines) is 1. The van der Waals surface area contributed by atoms with E-state index in [0.29, 0.717) is 6.42 Å². The van der Waals surface area contributed by atoms with Crippen molar-refractivity contribution in [2.24, 2.45) is 22.7 Å². The van der Waals surface area contributed by atoms with Gasteiger partial charge in [0.1, 0.15) is 0 Å². The summed E-state index contributed by atoms with van der Waals surface area (Å²) in [5, 5.41) is 11.6. The molecule has 5 fully saturated rings. The number of benzene rings is 2. The number of halogens is 1. The van der Waals surface area contributed by atoms with Gasteiger partial charge in [0.15, 0.2) is 16.7 Å². The van der Waals surface area contributed by atoms with E-state index in [1.54, 1.807) is 11.8 Å². The van der Waals surface area contributed by atoms with Crippen LogP contribution < -0.4 is 0 Å². The minimum Gasteiger partial charge on any atom is -0.505 e. The molecule has 4 saturated carbocycles. The van der Waals surface area contributed by atoms with Crippen molar-refractivity contribution in [1.82, 2.24) is 4.90 Å². The molecule has 8 rings (SSSR count). The molecule has 1 unspecified atom stereocenters. The zero-order valence-electron chi connectivity index (χ0n) is 20.6. The van der Waals surface area contributed by atoms with Gasteiger partial charge in [0, 0.05) is 18.7 Å². The van der Waals surface area contributed by atoms with Gasteiger partial charge in [0.25, 0.3) is 5.91 Å². The molecule has 1 N–H and O–H groups in total. The second-order valence-corrected chi connectivity index (χ2v) is 13.2. The van der Waals surface area contributed by atoms with Gasteiger partial charge in [-0.2, -0.15) is 4.99 Å². The Bertz CT molecular complexity index is 1220. The van der Waals surface area contributed by atoms with Crippen molar-refractivity contribution in [2.45, 2.75) is 68.5 Å². The van der Waals surface area contributed by atoms with E-state index in [2.05, 4.69) is 22.0 Å². The van der Waals surface area contributed by atoms with Crippen molar-refractivity contribution >= 4 is 22.8 Å². The Morgan fingerprint density at radius 3 is 2.39 bits per heavy atom. The Balaban J connectivity index is 1.16. The zero-order chi connectivity index (χ0) is 24.4. The topological polar surface area (TPSA) is 52.9 Å². The number of aromatic hydroxyl groups is 1. The lowest BCUT2D eigenvalue weighted by molar-refractivity contribution is -0.117. The Labute approximate surface area is 216 Å². The van der Waals surface area contributed by atoms with Crippen molar-refractivity contribution in [3.63, 3.8) is 0 Å². The van der Waals surface area contributed by atoms with Crippen molar-refractivity contribution in [3.05, 3.63) is 53.3 Å². The normalized spacial score (nSPS) is 33.0. The maximum Gasteiger partial charge on any atom is 0.262 e. The molecule has 2 aromatic carbocycles. The summed E-state index contributed by atoms with van der Waals surface area (Å²) < 4.78 is 15.2. The number of rotatable bonds is 4. The molecule has 36 heavy (non-hydrogen) atoms. The Morgan fingerprint density at radius 1 is 1.00 bits per heavy atom. The van der Waals surface area contributed by atoms with Crippen molar-refractivity contribution < 1.29 is 14.3 Å². The highest BCUT2D eigenvalue weighted by Gasteiger charge is 2.52. The van der Waals surface area contributed by atoms with Crippen molar-refractivity contribution in [3.8, 4) is 16.9 Å². The van der Waals surface area contributed by atoms with E-state index in [1.807, 2.05) is 18.2 Å². The summed E-state index contributed by atoms with van der Waals surface area (Å²) in [6.07, 6.45) is 10.1. The first-order valence-corrected chi connectivity index (χ1v) is 14.5. The summed E-state index contributed by atoms with van der Waals surface area (Å²) in [4.78, 5) is 19.2. The number of aliphatic imine (C=N–C) groups is 1. The van der Waals surface area contributed by atoms with Crippen LogP contribution in [0.1, 0.15) is 62.5 Å². The molecular weight excluding hydrogens is 471 g/mol. The molecule has 1 amide bonds. The average Bonchev–Trinajstić information content (AvgIpc) is 3.50. The summed E-state index contributed by atoms with van der Waals surface area (Å²) in [6.45, 7) is 1.97. The van der Waals surface area contributed by atoms with Crippen LogP contribution in [0.4, 0.5) is 4.39 Å². The minimum atomic E-state index is -0.520. The second kappa shape index (κ2) is 8.61. The number of phenols is 1. The van der Waals surface area contributed by atoms with Crippen molar-refractivity contribution in [1.29, 1.82) is 0 Å². The van der Waals surface area contributed by atoms with Crippen LogP contribution in [0.25, 0.3) is 11.1 Å². The largest absolute Gasteiger partial charge is 0.505 e. The van der Waals surface area contributed by atoms with Crippen LogP contribution in [0.15, 0.2) is 41.4 Å². The number of carbonyl (C=O) groups excluding carboxylic acids is 1.